The number of aromatic nitrogens is 6. The maximum absolute atomic E-state index is 13.3. The van der Waals surface area contributed by atoms with E-state index in [1.807, 2.05) is 75.1 Å². The van der Waals surface area contributed by atoms with Crippen molar-refractivity contribution < 1.29 is 40.7 Å². The summed E-state index contributed by atoms with van der Waals surface area (Å²) in [5, 5.41) is 11.3. The predicted octanol–water partition coefficient (Wildman–Crippen LogP) is 14.3. The minimum atomic E-state index is -4.49. The predicted molar refractivity (Wildman–Crippen MR) is 333 cm³/mol. The number of anilines is 6. The maximum atomic E-state index is 13.3. The van der Waals surface area contributed by atoms with Crippen LogP contribution >= 0.6 is 57.2 Å². The van der Waals surface area contributed by atoms with Crippen LogP contribution in [-0.4, -0.2) is 140 Å². The number of halogens is 8. The number of benzene rings is 3. The number of aryl methyl sites for hydroxylation is 2. The van der Waals surface area contributed by atoms with Gasteiger partial charge in [0.15, 0.2) is 15.4 Å². The van der Waals surface area contributed by atoms with Gasteiger partial charge < -0.3 is 29.4 Å². The third-order valence-corrected chi connectivity index (χ3v) is 17.9. The first kappa shape index (κ1) is 62.2. The van der Waals surface area contributed by atoms with Crippen molar-refractivity contribution in [2.24, 2.45) is 0 Å². The van der Waals surface area contributed by atoms with E-state index in [0.717, 1.165) is 54.2 Å². The Labute approximate surface area is 517 Å². The lowest BCUT2D eigenvalue weighted by atomic mass is 10.1. The largest absolute Gasteiger partial charge is 0.419 e. The van der Waals surface area contributed by atoms with Gasteiger partial charge in [0, 0.05) is 101 Å². The molecule has 9 aromatic rings. The van der Waals surface area contributed by atoms with Gasteiger partial charge in [-0.15, -0.1) is 0 Å². The van der Waals surface area contributed by atoms with Crippen molar-refractivity contribution in [3.05, 3.63) is 142 Å². The highest BCUT2D eigenvalue weighted by atomic mass is 35.5. The number of nitrogens with zero attached hydrogens (tertiary/aromatic N) is 12. The van der Waals surface area contributed by atoms with Crippen LogP contribution in [0.4, 0.5) is 73.6 Å². The highest BCUT2D eigenvalue weighted by Gasteiger charge is 2.40. The quantitative estimate of drug-likeness (QED) is 0.134. The summed E-state index contributed by atoms with van der Waals surface area (Å²) < 4.78 is 82.8. The molecule has 3 atom stereocenters. The lowest BCUT2D eigenvalue weighted by Gasteiger charge is -2.40. The fraction of sp³-hybridized carbons (Fsp3) is 0.328. The van der Waals surface area contributed by atoms with E-state index in [4.69, 9.17) is 23.2 Å². The number of hydrogen-bond donors (Lipinski definition) is 3. The molecule has 6 aromatic heterocycles. The van der Waals surface area contributed by atoms with Gasteiger partial charge in [0.25, 0.3) is 0 Å². The second-order valence-electron chi connectivity index (χ2n) is 20.9. The molecule has 0 aliphatic carbocycles. The monoisotopic (exact) mass is 1290 g/mol. The standard InChI is InChI=1S/C20H20F3N5OS.C19H17ClF3N5OS.C19H20ClN5OS/c1-12-5-6-15-16(10-12)30-18(25-15)26-19(29)28-9-8-27(11-13(28)2)17-14(20(21,22)23)4-3-7-24-17;1-11-10-27(16-13(19(21,22)23)3-2-6-24-16)7-8-28(11)18(29)26-17-25-14-5-4-12(20)9-15(14)30-17;1-12-5-6-15-16(10-12)27-18(22-15)23-19(26)25-9-8-24(11-13(25)2)17-14(20)4-3-7-21-17/h3-7,10,13H,8-9,11H2,1-2H3,(H,25,26,29);2-6,9,11H,7-8,10H2,1H3,(H,25,26,29);3-7,10,13H,8-9,11H2,1-2H3,(H,22,23,26)/t13-;11-;13-/m111/s1. The van der Waals surface area contributed by atoms with Crippen LogP contribution in [0.1, 0.15) is 43.0 Å². The number of rotatable bonds is 6. The van der Waals surface area contributed by atoms with Gasteiger partial charge in [-0.05, 0) is 125 Å². The van der Waals surface area contributed by atoms with Crippen LogP contribution in [0.2, 0.25) is 10.0 Å². The molecule has 6 amide bonds. The number of nitrogens with one attached hydrogen (secondary N) is 3. The van der Waals surface area contributed by atoms with Crippen molar-refractivity contribution in [3.8, 4) is 0 Å². The molecule has 3 N–H and O–H groups in total. The Morgan fingerprint density at radius 1 is 0.483 bits per heavy atom. The molecule has 12 rings (SSSR count). The summed E-state index contributed by atoms with van der Waals surface area (Å²) in [6.45, 7) is 13.2. The van der Waals surface area contributed by atoms with Gasteiger partial charge in [-0.3, -0.25) is 16.0 Å². The number of carbonyl (C=O) groups is 3. The van der Waals surface area contributed by atoms with Gasteiger partial charge in [-0.1, -0.05) is 69.3 Å². The van der Waals surface area contributed by atoms with Gasteiger partial charge in [0.2, 0.25) is 0 Å². The van der Waals surface area contributed by atoms with Gasteiger partial charge in [0.1, 0.15) is 17.5 Å². The Morgan fingerprint density at radius 3 is 1.20 bits per heavy atom. The molecule has 0 radical (unpaired) electrons. The van der Waals surface area contributed by atoms with Crippen molar-refractivity contribution in [2.75, 3.05) is 89.6 Å². The first-order valence-electron chi connectivity index (χ1n) is 27.4. The average Bonchev–Trinajstić information content (AvgIpc) is 3.27. The second-order valence-corrected chi connectivity index (χ2v) is 24.9. The minimum Gasteiger partial charge on any atom is -0.352 e. The van der Waals surface area contributed by atoms with Crippen molar-refractivity contribution in [2.45, 2.75) is 65.1 Å². The van der Waals surface area contributed by atoms with Crippen molar-refractivity contribution in [1.29, 1.82) is 0 Å². The summed E-state index contributed by atoms with van der Waals surface area (Å²) in [6.07, 6.45) is -4.54. The van der Waals surface area contributed by atoms with Crippen LogP contribution < -0.4 is 30.7 Å². The number of urea groups is 3. The number of thiazole rings is 3. The van der Waals surface area contributed by atoms with Gasteiger partial charge in [0.05, 0.1) is 46.8 Å². The molecule has 0 spiro atoms. The van der Waals surface area contributed by atoms with Gasteiger partial charge in [-0.25, -0.2) is 44.3 Å². The number of piperazine rings is 3. The topological polar surface area (TPSA) is 184 Å². The molecule has 456 valence electrons. The Bertz CT molecular complexity index is 3790. The molecular weight excluding hydrogens is 1240 g/mol. The fourth-order valence-electron chi connectivity index (χ4n) is 10.3. The minimum absolute atomic E-state index is 0.0356. The van der Waals surface area contributed by atoms with Crippen LogP contribution in [0, 0.1) is 13.8 Å². The zero-order chi connectivity index (χ0) is 61.9. The van der Waals surface area contributed by atoms with Crippen molar-refractivity contribution in [1.82, 2.24) is 44.6 Å². The number of fused-ring (bicyclic) bond motifs is 3. The summed E-state index contributed by atoms with van der Waals surface area (Å²) >= 11 is 16.4. The summed E-state index contributed by atoms with van der Waals surface area (Å²) in [4.78, 5) is 74.1. The van der Waals surface area contributed by atoms with E-state index in [2.05, 4.69) is 56.8 Å². The fourth-order valence-corrected chi connectivity index (χ4v) is 13.6. The first-order valence-corrected chi connectivity index (χ1v) is 30.6. The van der Waals surface area contributed by atoms with E-state index in [0.29, 0.717) is 45.1 Å². The number of hydrogen-bond acceptors (Lipinski definition) is 15. The van der Waals surface area contributed by atoms with E-state index < -0.39 is 23.5 Å². The molecule has 3 aromatic carbocycles. The first-order chi connectivity index (χ1) is 41.4. The molecule has 3 aliphatic heterocycles. The molecule has 0 unspecified atom stereocenters. The molecule has 29 heteroatoms. The van der Waals surface area contributed by atoms with Gasteiger partial charge >= 0.3 is 30.4 Å². The average molecular weight is 1290 g/mol. The van der Waals surface area contributed by atoms with E-state index in [-0.39, 0.29) is 87.1 Å². The molecule has 9 heterocycles. The normalized spacial score (nSPS) is 17.4. The van der Waals surface area contributed by atoms with Crippen molar-refractivity contribution in [3.63, 3.8) is 0 Å². The Kier molecular flexibility index (Phi) is 18.8. The van der Waals surface area contributed by atoms with E-state index in [1.54, 1.807) is 50.9 Å². The lowest BCUT2D eigenvalue weighted by Crippen LogP contribution is -2.55. The molecule has 87 heavy (non-hydrogen) atoms. The molecule has 3 fully saturated rings. The van der Waals surface area contributed by atoms with Crippen LogP contribution in [-0.2, 0) is 12.4 Å². The third-order valence-electron chi connectivity index (χ3n) is 14.6. The molecular formula is C58H57Cl2F6N15O3S3. The Balaban J connectivity index is 0.000000145. The smallest absolute Gasteiger partial charge is 0.352 e. The van der Waals surface area contributed by atoms with Gasteiger partial charge in [-0.2, -0.15) is 26.3 Å². The molecule has 0 saturated carbocycles. The van der Waals surface area contributed by atoms with E-state index in [9.17, 15) is 40.7 Å². The maximum Gasteiger partial charge on any atom is 0.419 e. The summed E-state index contributed by atoms with van der Waals surface area (Å²) in [5.41, 5.74) is 3.20. The van der Waals surface area contributed by atoms with E-state index >= 15 is 0 Å². The van der Waals surface area contributed by atoms with Crippen LogP contribution in [0.15, 0.2) is 110 Å². The summed E-state index contributed by atoms with van der Waals surface area (Å²) in [6, 6.07) is 24.1. The second kappa shape index (κ2) is 26.2. The van der Waals surface area contributed by atoms with Crippen LogP contribution in [0.25, 0.3) is 30.6 Å². The summed E-state index contributed by atoms with van der Waals surface area (Å²) in [5.74, 6) is 0.561. The summed E-state index contributed by atoms with van der Waals surface area (Å²) in [7, 11) is 0. The lowest BCUT2D eigenvalue weighted by molar-refractivity contribution is -0.138. The number of alkyl halides is 6. The highest BCUT2D eigenvalue weighted by molar-refractivity contribution is 7.23. The van der Waals surface area contributed by atoms with Crippen molar-refractivity contribution >= 4 is 139 Å². The molecule has 18 nitrogen and oxygen atoms in total. The number of carbonyl (C=O) groups excluding carboxylic acids is 3. The SMILES string of the molecule is C[C@@H]1CN(c2ncccc2C(F)(F)F)CCN1C(=O)Nc1nc2ccc(Cl)cc2s1.Cc1ccc2nc(NC(=O)N3CCN(c4ncccc4C(F)(F)F)C[C@H]3C)sc2c1.Cc1ccc2nc(NC(=O)N3CCN(c4ncccc4Cl)C[C@H]3C)sc2c1. The molecule has 3 aliphatic rings. The van der Waals surface area contributed by atoms with Crippen LogP contribution in [0.3, 0.4) is 0 Å². The Hall–Kier alpha value is -7.85. The van der Waals surface area contributed by atoms with Crippen LogP contribution in [0.5, 0.6) is 0 Å². The number of amides is 6. The third kappa shape index (κ3) is 14.8. The molecule has 0 bridgehead atoms. The zero-order valence-electron chi connectivity index (χ0n) is 47.3. The molecule has 3 saturated heterocycles. The Morgan fingerprint density at radius 2 is 0.828 bits per heavy atom. The number of pyridine rings is 3. The zero-order valence-corrected chi connectivity index (χ0v) is 51.3. The highest BCUT2D eigenvalue weighted by Crippen LogP contribution is 2.38. The van der Waals surface area contributed by atoms with E-state index in [1.165, 1.54) is 64.1 Å².